The van der Waals surface area contributed by atoms with Gasteiger partial charge in [-0.05, 0) is 125 Å². The molecule has 0 saturated carbocycles. The molecule has 0 spiro atoms. The lowest BCUT2D eigenvalue weighted by Crippen LogP contribution is -2.17. The monoisotopic (exact) mass is 836 g/mol. The zero-order valence-corrected chi connectivity index (χ0v) is 36.7. The smallest absolute Gasteiger partial charge is 0.159 e. The van der Waals surface area contributed by atoms with Crippen molar-refractivity contribution < 1.29 is 8.83 Å². The molecule has 0 radical (unpaired) electrons. The molecule has 12 aromatic rings. The standard InChI is InChI=1S/C61H44N2O2/c1-37-15-11-18-41(33-37)62(52-25-13-23-48-46-21-7-9-27-54(46)64-59(48)52)43-30-32-44-40(35-43)29-31-50-56-51(61(3,4)57(44)50)36-39-17-5-6-20-45(39)58(56)63(42-19-12-16-38(2)34-42)53-26-14-24-49-47-22-8-10-28-55(47)65-60(49)53/h5-36H,1-4H3. The zero-order chi connectivity index (χ0) is 43.6. The van der Waals surface area contributed by atoms with Crippen molar-refractivity contribution in [3.63, 3.8) is 0 Å². The van der Waals surface area contributed by atoms with Crippen LogP contribution in [-0.2, 0) is 5.41 Å². The molecule has 0 saturated heterocycles. The molecule has 2 heterocycles. The fraction of sp³-hybridized carbons (Fsp3) is 0.0820. The van der Waals surface area contributed by atoms with E-state index in [0.717, 1.165) is 78.0 Å². The van der Waals surface area contributed by atoms with Crippen molar-refractivity contribution in [2.75, 3.05) is 9.80 Å². The summed E-state index contributed by atoms with van der Waals surface area (Å²) in [5, 5.41) is 9.27. The molecule has 10 aromatic carbocycles. The molecule has 0 atom stereocenters. The van der Waals surface area contributed by atoms with Gasteiger partial charge in [0.2, 0.25) is 0 Å². The van der Waals surface area contributed by atoms with Crippen molar-refractivity contribution in [3.8, 4) is 11.1 Å². The van der Waals surface area contributed by atoms with E-state index in [1.165, 1.54) is 54.9 Å². The molecule has 4 nitrogen and oxygen atoms in total. The van der Waals surface area contributed by atoms with Crippen LogP contribution in [0.2, 0.25) is 0 Å². The second-order valence-electron chi connectivity index (χ2n) is 18.2. The molecule has 4 heteroatoms. The van der Waals surface area contributed by atoms with Crippen LogP contribution in [0.15, 0.2) is 203 Å². The number of aryl methyl sites for hydroxylation is 2. The van der Waals surface area contributed by atoms with Gasteiger partial charge in [-0.1, -0.05) is 141 Å². The summed E-state index contributed by atoms with van der Waals surface area (Å²) in [5.74, 6) is 0. The van der Waals surface area contributed by atoms with Crippen molar-refractivity contribution in [1.82, 2.24) is 0 Å². The number of furan rings is 2. The topological polar surface area (TPSA) is 32.8 Å². The molecule has 1 aliphatic carbocycles. The average Bonchev–Trinajstić information content (AvgIpc) is 3.97. The quantitative estimate of drug-likeness (QED) is 0.167. The van der Waals surface area contributed by atoms with Gasteiger partial charge in [0.05, 0.1) is 17.1 Å². The Morgan fingerprint density at radius 3 is 1.57 bits per heavy atom. The molecule has 13 rings (SSSR count). The number of rotatable bonds is 6. The number of fused-ring (bicyclic) bond motifs is 12. The Labute approximate surface area is 377 Å². The van der Waals surface area contributed by atoms with Gasteiger partial charge in [-0.25, -0.2) is 0 Å². The summed E-state index contributed by atoms with van der Waals surface area (Å²) in [5.41, 5.74) is 17.1. The van der Waals surface area contributed by atoms with Gasteiger partial charge in [0, 0.05) is 55.0 Å². The summed E-state index contributed by atoms with van der Waals surface area (Å²) in [6.45, 7) is 9.14. The van der Waals surface area contributed by atoms with Crippen LogP contribution in [-0.4, -0.2) is 0 Å². The highest BCUT2D eigenvalue weighted by Crippen LogP contribution is 2.59. The third kappa shape index (κ3) is 5.57. The predicted molar refractivity (Wildman–Crippen MR) is 272 cm³/mol. The number of anilines is 6. The first-order valence-electron chi connectivity index (χ1n) is 22.5. The Morgan fingerprint density at radius 2 is 0.923 bits per heavy atom. The van der Waals surface area contributed by atoms with Crippen LogP contribution in [0, 0.1) is 13.8 Å². The van der Waals surface area contributed by atoms with Crippen LogP contribution in [0.1, 0.15) is 36.1 Å². The van der Waals surface area contributed by atoms with E-state index in [2.05, 4.69) is 219 Å². The van der Waals surface area contributed by atoms with Gasteiger partial charge in [0.1, 0.15) is 11.2 Å². The predicted octanol–water partition coefficient (Wildman–Crippen LogP) is 17.7. The second kappa shape index (κ2) is 14.0. The van der Waals surface area contributed by atoms with Crippen molar-refractivity contribution in [2.45, 2.75) is 33.1 Å². The molecule has 0 bridgehead atoms. The van der Waals surface area contributed by atoms with Crippen LogP contribution in [0.3, 0.4) is 0 Å². The van der Waals surface area contributed by atoms with Crippen LogP contribution in [0.25, 0.3) is 76.5 Å². The summed E-state index contributed by atoms with van der Waals surface area (Å²) >= 11 is 0. The van der Waals surface area contributed by atoms with E-state index < -0.39 is 0 Å². The van der Waals surface area contributed by atoms with E-state index in [4.69, 9.17) is 8.83 Å². The minimum atomic E-state index is -0.329. The lowest BCUT2D eigenvalue weighted by molar-refractivity contribution is 0.667. The maximum Gasteiger partial charge on any atom is 0.159 e. The van der Waals surface area contributed by atoms with Crippen LogP contribution >= 0.6 is 0 Å². The van der Waals surface area contributed by atoms with Gasteiger partial charge in [-0.3, -0.25) is 0 Å². The van der Waals surface area contributed by atoms with Gasteiger partial charge in [-0.2, -0.15) is 0 Å². The highest BCUT2D eigenvalue weighted by molar-refractivity contribution is 6.16. The zero-order valence-electron chi connectivity index (χ0n) is 36.7. The third-order valence-corrected chi connectivity index (χ3v) is 13.8. The van der Waals surface area contributed by atoms with Gasteiger partial charge in [0.15, 0.2) is 11.2 Å². The maximum atomic E-state index is 6.83. The summed E-state index contributed by atoms with van der Waals surface area (Å²) in [6, 6.07) is 70.4. The Morgan fingerprint density at radius 1 is 0.400 bits per heavy atom. The summed E-state index contributed by atoms with van der Waals surface area (Å²) in [6.07, 6.45) is 0. The summed E-state index contributed by atoms with van der Waals surface area (Å²) in [7, 11) is 0. The first kappa shape index (κ1) is 37.5. The number of hydrogen-bond donors (Lipinski definition) is 0. The fourth-order valence-electron chi connectivity index (χ4n) is 11.0. The number of para-hydroxylation sites is 4. The largest absolute Gasteiger partial charge is 0.454 e. The van der Waals surface area contributed by atoms with E-state index in [1.807, 2.05) is 12.1 Å². The molecular formula is C61H44N2O2. The van der Waals surface area contributed by atoms with Crippen LogP contribution < -0.4 is 9.80 Å². The van der Waals surface area contributed by atoms with Gasteiger partial charge in [0.25, 0.3) is 0 Å². The molecule has 2 aromatic heterocycles. The molecule has 0 N–H and O–H groups in total. The third-order valence-electron chi connectivity index (χ3n) is 13.8. The molecule has 1 aliphatic rings. The first-order valence-corrected chi connectivity index (χ1v) is 22.5. The van der Waals surface area contributed by atoms with E-state index in [-0.39, 0.29) is 5.41 Å². The molecule has 0 unspecified atom stereocenters. The SMILES string of the molecule is Cc1cccc(N(c2ccc3c4c(ccc3c2)-c2c(cc3ccccc3c2N(c2cccc(C)c2)c2cccc3c2oc2ccccc23)C4(C)C)c2cccc3c2oc2ccccc23)c1. The lowest BCUT2D eigenvalue weighted by atomic mass is 9.79. The molecule has 65 heavy (non-hydrogen) atoms. The minimum absolute atomic E-state index is 0.329. The average molecular weight is 837 g/mol. The van der Waals surface area contributed by atoms with Gasteiger partial charge < -0.3 is 18.6 Å². The van der Waals surface area contributed by atoms with E-state index >= 15 is 0 Å². The highest BCUT2D eigenvalue weighted by Gasteiger charge is 2.41. The lowest BCUT2D eigenvalue weighted by Gasteiger charge is -2.30. The summed E-state index contributed by atoms with van der Waals surface area (Å²) < 4.78 is 13.5. The molecule has 0 fully saturated rings. The number of hydrogen-bond acceptors (Lipinski definition) is 4. The van der Waals surface area contributed by atoms with Crippen molar-refractivity contribution in [3.05, 3.63) is 216 Å². The Hall–Kier alpha value is -8.08. The van der Waals surface area contributed by atoms with Crippen molar-refractivity contribution in [2.24, 2.45) is 0 Å². The molecular weight excluding hydrogens is 793 g/mol. The van der Waals surface area contributed by atoms with E-state index in [0.29, 0.717) is 0 Å². The minimum Gasteiger partial charge on any atom is -0.454 e. The Kier molecular flexibility index (Phi) is 8.05. The first-order chi connectivity index (χ1) is 31.8. The molecule has 0 aliphatic heterocycles. The molecule has 0 amide bonds. The van der Waals surface area contributed by atoms with E-state index in [9.17, 15) is 0 Å². The Balaban J connectivity index is 1.06. The number of benzene rings is 10. The normalized spacial score (nSPS) is 13.0. The van der Waals surface area contributed by atoms with Gasteiger partial charge >= 0.3 is 0 Å². The highest BCUT2D eigenvalue weighted by atomic mass is 16.3. The van der Waals surface area contributed by atoms with E-state index in [1.54, 1.807) is 0 Å². The van der Waals surface area contributed by atoms with Crippen molar-refractivity contribution >= 4 is 99.5 Å². The molecule has 310 valence electrons. The summed E-state index contributed by atoms with van der Waals surface area (Å²) in [4.78, 5) is 4.82. The Bertz CT molecular complexity index is 3920. The van der Waals surface area contributed by atoms with Crippen molar-refractivity contribution in [1.29, 1.82) is 0 Å². The second-order valence-corrected chi connectivity index (χ2v) is 18.2. The van der Waals surface area contributed by atoms with Crippen LogP contribution in [0.4, 0.5) is 34.1 Å². The fourth-order valence-corrected chi connectivity index (χ4v) is 11.0. The maximum absolute atomic E-state index is 6.83. The number of nitrogens with zero attached hydrogens (tertiary/aromatic N) is 2. The van der Waals surface area contributed by atoms with Crippen LogP contribution in [0.5, 0.6) is 0 Å². The van der Waals surface area contributed by atoms with Gasteiger partial charge in [-0.15, -0.1) is 0 Å².